The van der Waals surface area contributed by atoms with E-state index in [0.29, 0.717) is 43.0 Å². The molecule has 2 amide bonds. The minimum atomic E-state index is -0.520. The highest BCUT2D eigenvalue weighted by molar-refractivity contribution is 5.99. The number of hydrogen-bond acceptors (Lipinski definition) is 5. The number of hydrogen-bond donors (Lipinski definition) is 1. The van der Waals surface area contributed by atoms with Crippen LogP contribution < -0.4 is 20.1 Å². The van der Waals surface area contributed by atoms with Gasteiger partial charge in [0, 0.05) is 42.6 Å². The van der Waals surface area contributed by atoms with E-state index in [1.807, 2.05) is 24.3 Å². The molecule has 0 aliphatic carbocycles. The Hall–Kier alpha value is -3.53. The van der Waals surface area contributed by atoms with E-state index in [2.05, 4.69) is 6.07 Å². The number of methoxy groups -OCH3 is 1. The average molecular weight is 436 g/mol. The zero-order chi connectivity index (χ0) is 22.9. The quantitative estimate of drug-likeness (QED) is 0.533. The number of unbranched alkanes of at least 4 members (excludes halogenated alkanes) is 4. The number of carbonyl (C=O) groups excluding carboxylic acids is 2. The van der Waals surface area contributed by atoms with Gasteiger partial charge in [-0.3, -0.25) is 9.59 Å². The molecule has 1 heterocycles. The Kier molecular flexibility index (Phi) is 8.09. The Morgan fingerprint density at radius 3 is 2.75 bits per heavy atom. The summed E-state index contributed by atoms with van der Waals surface area (Å²) in [6.45, 7) is 1.07. The van der Waals surface area contributed by atoms with Crippen molar-refractivity contribution in [3.8, 4) is 17.6 Å². The molecule has 1 unspecified atom stereocenters. The van der Waals surface area contributed by atoms with Gasteiger partial charge >= 0.3 is 0 Å². The highest BCUT2D eigenvalue weighted by Gasteiger charge is 2.33. The lowest BCUT2D eigenvalue weighted by Crippen LogP contribution is -2.25. The first-order valence-electron chi connectivity index (χ1n) is 10.9. The summed E-state index contributed by atoms with van der Waals surface area (Å²) in [4.78, 5) is 26.0. The molecule has 7 heteroatoms. The van der Waals surface area contributed by atoms with Crippen LogP contribution in [0, 0.1) is 11.3 Å². The fraction of sp³-hybridized carbons (Fsp3) is 0.400. The van der Waals surface area contributed by atoms with E-state index in [9.17, 15) is 9.59 Å². The van der Waals surface area contributed by atoms with Gasteiger partial charge < -0.3 is 20.1 Å². The van der Waals surface area contributed by atoms with Crippen LogP contribution in [0.2, 0.25) is 0 Å². The van der Waals surface area contributed by atoms with Crippen LogP contribution in [0.4, 0.5) is 5.69 Å². The van der Waals surface area contributed by atoms with Gasteiger partial charge in [-0.1, -0.05) is 25.0 Å². The highest BCUT2D eigenvalue weighted by Crippen LogP contribution is 2.38. The van der Waals surface area contributed by atoms with Gasteiger partial charge in [0.2, 0.25) is 11.8 Å². The van der Waals surface area contributed by atoms with Gasteiger partial charge in [0.05, 0.1) is 19.8 Å². The molecular weight excluding hydrogens is 406 g/mol. The third kappa shape index (κ3) is 5.79. The van der Waals surface area contributed by atoms with Crippen LogP contribution in [0.15, 0.2) is 42.5 Å². The highest BCUT2D eigenvalue weighted by atomic mass is 16.5. The molecule has 1 aliphatic rings. The van der Waals surface area contributed by atoms with Gasteiger partial charge in [0.25, 0.3) is 0 Å². The maximum absolute atomic E-state index is 12.8. The Bertz CT molecular complexity index is 999. The largest absolute Gasteiger partial charge is 0.497 e. The summed E-state index contributed by atoms with van der Waals surface area (Å²) in [6, 6.07) is 14.7. The molecule has 32 heavy (non-hydrogen) atoms. The summed E-state index contributed by atoms with van der Waals surface area (Å²) >= 11 is 0. The third-order valence-electron chi connectivity index (χ3n) is 5.67. The van der Waals surface area contributed by atoms with Crippen molar-refractivity contribution in [2.24, 2.45) is 5.73 Å². The molecule has 2 N–H and O–H groups in total. The van der Waals surface area contributed by atoms with Crippen LogP contribution in [0.25, 0.3) is 0 Å². The normalized spacial score (nSPS) is 15.4. The van der Waals surface area contributed by atoms with E-state index >= 15 is 0 Å². The maximum Gasteiger partial charge on any atom is 0.248 e. The Morgan fingerprint density at radius 2 is 2.00 bits per heavy atom. The van der Waals surface area contributed by atoms with Crippen molar-refractivity contribution in [2.45, 2.75) is 44.4 Å². The number of amides is 2. The van der Waals surface area contributed by atoms with E-state index in [1.54, 1.807) is 30.2 Å². The lowest BCUT2D eigenvalue weighted by atomic mass is 9.97. The monoisotopic (exact) mass is 435 g/mol. The van der Waals surface area contributed by atoms with Gasteiger partial charge in [-0.15, -0.1) is 0 Å². The van der Waals surface area contributed by atoms with E-state index < -0.39 is 5.91 Å². The number of nitrogens with two attached hydrogens (primary N) is 1. The van der Waals surface area contributed by atoms with E-state index in [0.717, 1.165) is 37.0 Å². The van der Waals surface area contributed by atoms with Crippen molar-refractivity contribution >= 4 is 17.5 Å². The van der Waals surface area contributed by atoms with Crippen molar-refractivity contribution in [1.82, 2.24) is 0 Å². The number of primary amides is 1. The minimum absolute atomic E-state index is 0.00381. The van der Waals surface area contributed by atoms with Crippen LogP contribution in [0.3, 0.4) is 0 Å². The Morgan fingerprint density at radius 1 is 1.19 bits per heavy atom. The Labute approximate surface area is 188 Å². The molecule has 0 bridgehead atoms. The SMILES string of the molecule is COc1ccc(C2CC(=O)N(c3cccc(C(N)=O)c3)C2)c(OCCCCCCC#N)c1. The maximum atomic E-state index is 12.8. The smallest absolute Gasteiger partial charge is 0.248 e. The van der Waals surface area contributed by atoms with Crippen molar-refractivity contribution in [3.63, 3.8) is 0 Å². The lowest BCUT2D eigenvalue weighted by Gasteiger charge is -2.19. The van der Waals surface area contributed by atoms with Gasteiger partial charge in [-0.05, 0) is 42.7 Å². The van der Waals surface area contributed by atoms with Crippen molar-refractivity contribution in [2.75, 3.05) is 25.2 Å². The molecule has 1 saturated heterocycles. The topological polar surface area (TPSA) is 106 Å². The van der Waals surface area contributed by atoms with Crippen LogP contribution >= 0.6 is 0 Å². The predicted molar refractivity (Wildman–Crippen MR) is 122 cm³/mol. The number of benzene rings is 2. The molecule has 0 saturated carbocycles. The van der Waals surface area contributed by atoms with Crippen molar-refractivity contribution in [1.29, 1.82) is 5.26 Å². The molecule has 0 spiro atoms. The van der Waals surface area contributed by atoms with Crippen LogP contribution in [-0.4, -0.2) is 32.1 Å². The summed E-state index contributed by atoms with van der Waals surface area (Å²) in [6.07, 6.45) is 4.79. The molecule has 0 radical (unpaired) electrons. The number of rotatable bonds is 11. The fourth-order valence-corrected chi connectivity index (χ4v) is 3.94. The zero-order valence-corrected chi connectivity index (χ0v) is 18.4. The first-order valence-corrected chi connectivity index (χ1v) is 10.9. The molecular formula is C25H29N3O4. The summed E-state index contributed by atoms with van der Waals surface area (Å²) in [5, 5.41) is 8.61. The number of nitriles is 1. The van der Waals surface area contributed by atoms with Crippen LogP contribution in [0.1, 0.15) is 60.4 Å². The zero-order valence-electron chi connectivity index (χ0n) is 18.4. The number of nitrogens with zero attached hydrogens (tertiary/aromatic N) is 2. The summed E-state index contributed by atoms with van der Waals surface area (Å²) in [5.41, 5.74) is 7.40. The van der Waals surface area contributed by atoms with Gasteiger partial charge in [0.15, 0.2) is 0 Å². The van der Waals surface area contributed by atoms with Crippen molar-refractivity contribution < 1.29 is 19.1 Å². The average Bonchev–Trinajstić information content (AvgIpc) is 3.19. The number of ether oxygens (including phenoxy) is 2. The molecule has 1 atom stereocenters. The van der Waals surface area contributed by atoms with Gasteiger partial charge in [-0.25, -0.2) is 0 Å². The molecule has 2 aromatic carbocycles. The number of anilines is 1. The second-order valence-corrected chi connectivity index (χ2v) is 7.89. The molecule has 3 rings (SSSR count). The molecule has 0 aromatic heterocycles. The number of carbonyl (C=O) groups is 2. The van der Waals surface area contributed by atoms with E-state index in [-0.39, 0.29) is 11.8 Å². The van der Waals surface area contributed by atoms with Crippen molar-refractivity contribution in [3.05, 3.63) is 53.6 Å². The first-order chi connectivity index (χ1) is 15.5. The molecule has 168 valence electrons. The third-order valence-corrected chi connectivity index (χ3v) is 5.67. The molecule has 7 nitrogen and oxygen atoms in total. The van der Waals surface area contributed by atoms with Gasteiger partial charge in [-0.2, -0.15) is 5.26 Å². The minimum Gasteiger partial charge on any atom is -0.497 e. The summed E-state index contributed by atoms with van der Waals surface area (Å²) in [5.74, 6) is 0.876. The molecule has 1 fully saturated rings. The van der Waals surface area contributed by atoms with Crippen LogP contribution in [-0.2, 0) is 4.79 Å². The van der Waals surface area contributed by atoms with Crippen LogP contribution in [0.5, 0.6) is 11.5 Å². The predicted octanol–water partition coefficient (Wildman–Crippen LogP) is 4.17. The summed E-state index contributed by atoms with van der Waals surface area (Å²) in [7, 11) is 1.61. The fourth-order valence-electron chi connectivity index (χ4n) is 3.94. The van der Waals surface area contributed by atoms with E-state index in [1.165, 1.54) is 0 Å². The molecule has 1 aliphatic heterocycles. The summed E-state index contributed by atoms with van der Waals surface area (Å²) < 4.78 is 11.4. The second-order valence-electron chi connectivity index (χ2n) is 7.89. The van der Waals surface area contributed by atoms with E-state index in [4.69, 9.17) is 20.5 Å². The lowest BCUT2D eigenvalue weighted by molar-refractivity contribution is -0.117. The standard InChI is InChI=1S/C25H29N3O4/c1-31-21-10-11-22(23(16-21)32-13-6-4-2-3-5-12-26)19-15-24(29)28(17-19)20-9-7-8-18(14-20)25(27)30/h7-11,14,16,19H,2-6,13,15,17H2,1H3,(H2,27,30). The second kappa shape index (κ2) is 11.2. The van der Waals surface area contributed by atoms with Gasteiger partial charge in [0.1, 0.15) is 11.5 Å². The Balaban J connectivity index is 1.70. The first kappa shape index (κ1) is 23.1. The molecule has 2 aromatic rings.